The third-order valence-electron chi connectivity index (χ3n) is 2.56. The van der Waals surface area contributed by atoms with E-state index >= 15 is 0 Å². The van der Waals surface area contributed by atoms with Crippen LogP contribution in [0.4, 0.5) is 0 Å². The Morgan fingerprint density at radius 3 is 2.53 bits per heavy atom. The van der Waals surface area contributed by atoms with Gasteiger partial charge in [-0.3, -0.25) is 4.79 Å². The molecule has 0 aliphatic heterocycles. The summed E-state index contributed by atoms with van der Waals surface area (Å²) in [7, 11) is 3.80. The molecular formula is C11H25N3O. The minimum Gasteiger partial charge on any atom is -0.358 e. The standard InChI is InChI=1S/C11H25N3O/c1-10(2)14(4)8-6-5-7-13-9-11(15)12-3/h10,13H,5-9H2,1-4H3,(H,12,15). The van der Waals surface area contributed by atoms with Gasteiger partial charge in [0.05, 0.1) is 6.54 Å². The van der Waals surface area contributed by atoms with Gasteiger partial charge in [-0.15, -0.1) is 0 Å². The summed E-state index contributed by atoms with van der Waals surface area (Å²) in [6.07, 6.45) is 2.30. The van der Waals surface area contributed by atoms with Gasteiger partial charge < -0.3 is 15.5 Å². The van der Waals surface area contributed by atoms with E-state index in [1.807, 2.05) is 0 Å². The number of rotatable bonds is 8. The molecule has 0 aliphatic carbocycles. The largest absolute Gasteiger partial charge is 0.358 e. The lowest BCUT2D eigenvalue weighted by molar-refractivity contribution is -0.119. The number of likely N-dealkylation sites (N-methyl/N-ethyl adjacent to an activating group) is 1. The van der Waals surface area contributed by atoms with E-state index in [1.165, 1.54) is 6.42 Å². The first-order valence-electron chi connectivity index (χ1n) is 5.69. The number of hydrogen-bond donors (Lipinski definition) is 2. The molecule has 0 aliphatic rings. The van der Waals surface area contributed by atoms with E-state index in [0.29, 0.717) is 12.6 Å². The molecule has 0 rings (SSSR count). The average Bonchev–Trinajstić information content (AvgIpc) is 2.22. The predicted octanol–water partition coefficient (Wildman–Crippen LogP) is 0.442. The molecule has 0 saturated carbocycles. The molecule has 0 aromatic carbocycles. The van der Waals surface area contributed by atoms with E-state index < -0.39 is 0 Å². The van der Waals surface area contributed by atoms with Crippen LogP contribution in [0.2, 0.25) is 0 Å². The normalized spacial score (nSPS) is 11.1. The molecule has 0 radical (unpaired) electrons. The van der Waals surface area contributed by atoms with Gasteiger partial charge in [-0.2, -0.15) is 0 Å². The summed E-state index contributed by atoms with van der Waals surface area (Å²) < 4.78 is 0. The lowest BCUT2D eigenvalue weighted by atomic mass is 10.2. The summed E-state index contributed by atoms with van der Waals surface area (Å²) >= 11 is 0. The zero-order chi connectivity index (χ0) is 11.7. The molecule has 15 heavy (non-hydrogen) atoms. The van der Waals surface area contributed by atoms with Gasteiger partial charge in [-0.05, 0) is 46.8 Å². The Hall–Kier alpha value is -0.610. The molecule has 4 heteroatoms. The van der Waals surface area contributed by atoms with Gasteiger partial charge >= 0.3 is 0 Å². The second-order valence-corrected chi connectivity index (χ2v) is 4.13. The Bertz CT molecular complexity index is 171. The summed E-state index contributed by atoms with van der Waals surface area (Å²) in [5, 5.41) is 5.69. The third-order valence-corrected chi connectivity index (χ3v) is 2.56. The molecular weight excluding hydrogens is 190 g/mol. The number of carbonyl (C=O) groups is 1. The maximum atomic E-state index is 10.9. The monoisotopic (exact) mass is 215 g/mol. The van der Waals surface area contributed by atoms with Gasteiger partial charge in [0.25, 0.3) is 0 Å². The molecule has 1 amide bonds. The van der Waals surface area contributed by atoms with Crippen LogP contribution in [0, 0.1) is 0 Å². The second-order valence-electron chi connectivity index (χ2n) is 4.13. The van der Waals surface area contributed by atoms with Crippen molar-refractivity contribution in [2.45, 2.75) is 32.7 Å². The zero-order valence-corrected chi connectivity index (χ0v) is 10.5. The fraction of sp³-hybridized carbons (Fsp3) is 0.909. The molecule has 2 N–H and O–H groups in total. The summed E-state index contributed by atoms with van der Waals surface area (Å²) in [6, 6.07) is 0.615. The Morgan fingerprint density at radius 1 is 1.33 bits per heavy atom. The van der Waals surface area contributed by atoms with Gasteiger partial charge in [-0.1, -0.05) is 0 Å². The Labute approximate surface area is 93.4 Å². The van der Waals surface area contributed by atoms with Crippen molar-refractivity contribution in [1.82, 2.24) is 15.5 Å². The zero-order valence-electron chi connectivity index (χ0n) is 10.5. The first-order valence-corrected chi connectivity index (χ1v) is 5.69. The van der Waals surface area contributed by atoms with Crippen LogP contribution in [0.5, 0.6) is 0 Å². The first kappa shape index (κ1) is 14.4. The van der Waals surface area contributed by atoms with Gasteiger partial charge in [0.2, 0.25) is 5.91 Å². The molecule has 0 spiro atoms. The van der Waals surface area contributed by atoms with Crippen molar-refractivity contribution >= 4 is 5.91 Å². The van der Waals surface area contributed by atoms with Crippen molar-refractivity contribution in [3.8, 4) is 0 Å². The number of nitrogens with zero attached hydrogens (tertiary/aromatic N) is 1. The Morgan fingerprint density at radius 2 is 2.00 bits per heavy atom. The van der Waals surface area contributed by atoms with Crippen molar-refractivity contribution < 1.29 is 4.79 Å². The van der Waals surface area contributed by atoms with E-state index in [1.54, 1.807) is 7.05 Å². The summed E-state index contributed by atoms with van der Waals surface area (Å²) in [4.78, 5) is 13.2. The molecule has 4 nitrogen and oxygen atoms in total. The molecule has 0 bridgehead atoms. The highest BCUT2D eigenvalue weighted by Gasteiger charge is 2.01. The summed E-state index contributed by atoms with van der Waals surface area (Å²) in [5.74, 6) is 0.0503. The molecule has 0 atom stereocenters. The van der Waals surface area contributed by atoms with E-state index in [0.717, 1.165) is 19.5 Å². The third kappa shape index (κ3) is 8.39. The fourth-order valence-corrected chi connectivity index (χ4v) is 1.16. The van der Waals surface area contributed by atoms with Crippen LogP contribution in [0.25, 0.3) is 0 Å². The van der Waals surface area contributed by atoms with Crippen LogP contribution in [0.3, 0.4) is 0 Å². The summed E-state index contributed by atoms with van der Waals surface area (Å²) in [6.45, 7) is 6.86. The molecule has 0 aromatic heterocycles. The summed E-state index contributed by atoms with van der Waals surface area (Å²) in [5.41, 5.74) is 0. The number of amides is 1. The number of hydrogen-bond acceptors (Lipinski definition) is 3. The lowest BCUT2D eigenvalue weighted by Crippen LogP contribution is -2.32. The number of carbonyl (C=O) groups excluding carboxylic acids is 1. The second kappa shape index (κ2) is 8.68. The first-order chi connectivity index (χ1) is 7.07. The van der Waals surface area contributed by atoms with Crippen molar-refractivity contribution in [3.63, 3.8) is 0 Å². The van der Waals surface area contributed by atoms with Crippen molar-refractivity contribution in [2.24, 2.45) is 0 Å². The van der Waals surface area contributed by atoms with Gasteiger partial charge in [0.15, 0.2) is 0 Å². The highest BCUT2D eigenvalue weighted by molar-refractivity contribution is 5.77. The molecule has 90 valence electrons. The minimum atomic E-state index is 0.0503. The SMILES string of the molecule is CNC(=O)CNCCCCN(C)C(C)C. The van der Waals surface area contributed by atoms with Gasteiger partial charge in [0.1, 0.15) is 0 Å². The van der Waals surface area contributed by atoms with Crippen LogP contribution in [0.1, 0.15) is 26.7 Å². The highest BCUT2D eigenvalue weighted by Crippen LogP contribution is 1.96. The molecule has 0 heterocycles. The van der Waals surface area contributed by atoms with E-state index in [2.05, 4.69) is 36.4 Å². The van der Waals surface area contributed by atoms with Crippen LogP contribution in [0.15, 0.2) is 0 Å². The lowest BCUT2D eigenvalue weighted by Gasteiger charge is -2.20. The predicted molar refractivity (Wildman–Crippen MR) is 63.9 cm³/mol. The Balaban J connectivity index is 3.22. The maximum absolute atomic E-state index is 10.9. The van der Waals surface area contributed by atoms with Gasteiger partial charge in [-0.25, -0.2) is 0 Å². The fourth-order valence-electron chi connectivity index (χ4n) is 1.16. The van der Waals surface area contributed by atoms with Crippen LogP contribution >= 0.6 is 0 Å². The van der Waals surface area contributed by atoms with Crippen molar-refractivity contribution in [2.75, 3.05) is 33.7 Å². The molecule has 0 unspecified atom stereocenters. The van der Waals surface area contributed by atoms with Crippen LogP contribution in [-0.2, 0) is 4.79 Å². The average molecular weight is 215 g/mol. The van der Waals surface area contributed by atoms with Crippen molar-refractivity contribution in [1.29, 1.82) is 0 Å². The highest BCUT2D eigenvalue weighted by atomic mass is 16.1. The van der Waals surface area contributed by atoms with E-state index in [9.17, 15) is 4.79 Å². The quantitative estimate of drug-likeness (QED) is 0.578. The molecule has 0 aromatic rings. The number of nitrogens with one attached hydrogen (secondary N) is 2. The molecule has 0 fully saturated rings. The topological polar surface area (TPSA) is 44.4 Å². The van der Waals surface area contributed by atoms with Crippen LogP contribution < -0.4 is 10.6 Å². The molecule has 0 saturated heterocycles. The van der Waals surface area contributed by atoms with Crippen LogP contribution in [-0.4, -0.2) is 50.6 Å². The smallest absolute Gasteiger partial charge is 0.233 e. The minimum absolute atomic E-state index is 0.0503. The number of unbranched alkanes of at least 4 members (excludes halogenated alkanes) is 1. The van der Waals surface area contributed by atoms with E-state index in [4.69, 9.17) is 0 Å². The van der Waals surface area contributed by atoms with Gasteiger partial charge in [0, 0.05) is 13.1 Å². The maximum Gasteiger partial charge on any atom is 0.233 e. The Kier molecular flexibility index (Phi) is 8.33. The van der Waals surface area contributed by atoms with Crippen molar-refractivity contribution in [3.05, 3.63) is 0 Å². The van der Waals surface area contributed by atoms with E-state index in [-0.39, 0.29) is 5.91 Å².